The standard InChI is InChI=1S/C21H23N3O3S/c1-12-17(21(26)27-3)13(2)22-18(12)20(25)24-10-6-7-14(11-24)19-23-15-8-4-5-9-16(15)28-19/h4-5,8-9,14,22H,6-7,10-11H2,1-3H3. The van der Waals surface area contributed by atoms with Crippen LogP contribution in [0.4, 0.5) is 0 Å². The molecule has 1 aromatic carbocycles. The molecule has 3 aromatic rings. The number of piperidine rings is 1. The van der Waals surface area contributed by atoms with Crippen molar-refractivity contribution in [2.45, 2.75) is 32.6 Å². The number of para-hydroxylation sites is 1. The van der Waals surface area contributed by atoms with E-state index in [1.54, 1.807) is 25.2 Å². The second kappa shape index (κ2) is 7.39. The number of carbonyl (C=O) groups is 2. The van der Waals surface area contributed by atoms with Crippen molar-refractivity contribution in [2.75, 3.05) is 20.2 Å². The first kappa shape index (κ1) is 18.7. The molecule has 0 saturated carbocycles. The lowest BCUT2D eigenvalue weighted by Crippen LogP contribution is -2.39. The van der Waals surface area contributed by atoms with Gasteiger partial charge in [0, 0.05) is 24.7 Å². The van der Waals surface area contributed by atoms with Gasteiger partial charge in [0.1, 0.15) is 5.69 Å². The summed E-state index contributed by atoms with van der Waals surface area (Å²) in [6.07, 6.45) is 1.97. The Kier molecular flexibility index (Phi) is 4.93. The Balaban J connectivity index is 1.58. The number of carbonyl (C=O) groups excluding carboxylic acids is 2. The Hall–Kier alpha value is -2.67. The number of nitrogens with zero attached hydrogens (tertiary/aromatic N) is 2. The number of likely N-dealkylation sites (tertiary alicyclic amines) is 1. The first-order chi connectivity index (χ1) is 13.5. The number of rotatable bonds is 3. The minimum atomic E-state index is -0.420. The first-order valence-corrected chi connectivity index (χ1v) is 10.2. The fraction of sp³-hybridized carbons (Fsp3) is 0.381. The topological polar surface area (TPSA) is 75.3 Å². The van der Waals surface area contributed by atoms with Gasteiger partial charge in [0.15, 0.2) is 0 Å². The van der Waals surface area contributed by atoms with Crippen molar-refractivity contribution >= 4 is 33.4 Å². The summed E-state index contributed by atoms with van der Waals surface area (Å²) in [6, 6.07) is 8.14. The molecule has 1 saturated heterocycles. The molecule has 6 nitrogen and oxygen atoms in total. The molecule has 1 atom stereocenters. The Bertz CT molecular complexity index is 1020. The van der Waals surface area contributed by atoms with E-state index in [1.807, 2.05) is 23.1 Å². The van der Waals surface area contributed by atoms with Gasteiger partial charge in [-0.25, -0.2) is 9.78 Å². The van der Waals surface area contributed by atoms with Crippen LogP contribution in [0.15, 0.2) is 24.3 Å². The van der Waals surface area contributed by atoms with E-state index in [0.29, 0.717) is 35.6 Å². The van der Waals surface area contributed by atoms with Crippen LogP contribution in [-0.4, -0.2) is 46.9 Å². The number of amides is 1. The number of nitrogens with one attached hydrogen (secondary N) is 1. The number of H-pyrrole nitrogens is 1. The van der Waals surface area contributed by atoms with Crippen molar-refractivity contribution < 1.29 is 14.3 Å². The van der Waals surface area contributed by atoms with Crippen LogP contribution >= 0.6 is 11.3 Å². The molecule has 0 bridgehead atoms. The highest BCUT2D eigenvalue weighted by molar-refractivity contribution is 7.18. The quantitative estimate of drug-likeness (QED) is 0.677. The number of methoxy groups -OCH3 is 1. The first-order valence-electron chi connectivity index (χ1n) is 9.41. The lowest BCUT2D eigenvalue weighted by Gasteiger charge is -2.31. The van der Waals surface area contributed by atoms with Crippen LogP contribution in [0, 0.1) is 13.8 Å². The summed E-state index contributed by atoms with van der Waals surface area (Å²) in [4.78, 5) is 34.9. The van der Waals surface area contributed by atoms with E-state index in [4.69, 9.17) is 9.72 Å². The van der Waals surface area contributed by atoms with Gasteiger partial charge in [-0.15, -0.1) is 11.3 Å². The number of ether oxygens (including phenoxy) is 1. The van der Waals surface area contributed by atoms with E-state index in [-0.39, 0.29) is 11.8 Å². The van der Waals surface area contributed by atoms with Crippen LogP contribution in [0.5, 0.6) is 0 Å². The van der Waals surface area contributed by atoms with E-state index in [0.717, 1.165) is 23.4 Å². The smallest absolute Gasteiger partial charge is 0.339 e. The van der Waals surface area contributed by atoms with Crippen LogP contribution in [0.25, 0.3) is 10.2 Å². The van der Waals surface area contributed by atoms with E-state index in [9.17, 15) is 9.59 Å². The molecule has 1 N–H and O–H groups in total. The predicted molar refractivity (Wildman–Crippen MR) is 109 cm³/mol. The molecule has 1 fully saturated rings. The van der Waals surface area contributed by atoms with E-state index in [1.165, 1.54) is 11.8 Å². The van der Waals surface area contributed by atoms with Crippen molar-refractivity contribution in [3.8, 4) is 0 Å². The fourth-order valence-electron chi connectivity index (χ4n) is 3.96. The Labute approximate surface area is 167 Å². The second-order valence-corrected chi connectivity index (χ2v) is 8.29. The Morgan fingerprint density at radius 3 is 2.82 bits per heavy atom. The summed E-state index contributed by atoms with van der Waals surface area (Å²) in [5, 5.41) is 1.09. The summed E-state index contributed by atoms with van der Waals surface area (Å²) in [5.74, 6) is -0.246. The SMILES string of the molecule is COC(=O)c1c(C)[nH]c(C(=O)N2CCCC(c3nc4ccccc4s3)C2)c1C. The molecule has 0 aliphatic carbocycles. The van der Waals surface area contributed by atoms with Crippen molar-refractivity contribution in [1.29, 1.82) is 0 Å². The van der Waals surface area contributed by atoms with E-state index < -0.39 is 5.97 Å². The summed E-state index contributed by atoms with van der Waals surface area (Å²) >= 11 is 1.71. The van der Waals surface area contributed by atoms with Gasteiger partial charge >= 0.3 is 5.97 Å². The second-order valence-electron chi connectivity index (χ2n) is 7.23. The van der Waals surface area contributed by atoms with Crippen LogP contribution in [0.3, 0.4) is 0 Å². The molecule has 0 radical (unpaired) electrons. The summed E-state index contributed by atoms with van der Waals surface area (Å²) in [7, 11) is 1.35. The van der Waals surface area contributed by atoms with Gasteiger partial charge in [0.2, 0.25) is 0 Å². The van der Waals surface area contributed by atoms with Gasteiger partial charge in [0.25, 0.3) is 5.91 Å². The maximum absolute atomic E-state index is 13.2. The summed E-state index contributed by atoms with van der Waals surface area (Å²) in [6.45, 7) is 4.93. The molecular weight excluding hydrogens is 374 g/mol. The number of thiazole rings is 1. The zero-order valence-corrected chi connectivity index (χ0v) is 17.1. The van der Waals surface area contributed by atoms with Crippen molar-refractivity contribution in [1.82, 2.24) is 14.9 Å². The maximum Gasteiger partial charge on any atom is 0.339 e. The highest BCUT2D eigenvalue weighted by Gasteiger charge is 2.30. The number of hydrogen-bond donors (Lipinski definition) is 1. The van der Waals surface area contributed by atoms with Gasteiger partial charge in [-0.05, 0) is 44.4 Å². The Morgan fingerprint density at radius 2 is 2.07 bits per heavy atom. The lowest BCUT2D eigenvalue weighted by molar-refractivity contribution is 0.0599. The number of fused-ring (bicyclic) bond motifs is 1. The summed E-state index contributed by atoms with van der Waals surface area (Å²) < 4.78 is 6.03. The molecule has 3 heterocycles. The van der Waals surface area contributed by atoms with Gasteiger partial charge in [0.05, 0.1) is 27.9 Å². The van der Waals surface area contributed by atoms with Crippen LogP contribution in [0.1, 0.15) is 55.9 Å². The van der Waals surface area contributed by atoms with Gasteiger partial charge in [-0.2, -0.15) is 0 Å². The minimum Gasteiger partial charge on any atom is -0.465 e. The number of aromatic amines is 1. The van der Waals surface area contributed by atoms with Gasteiger partial charge in [-0.1, -0.05) is 12.1 Å². The average molecular weight is 398 g/mol. The molecule has 0 spiro atoms. The number of aromatic nitrogens is 2. The lowest BCUT2D eigenvalue weighted by atomic mass is 9.98. The van der Waals surface area contributed by atoms with Crippen molar-refractivity contribution in [3.05, 3.63) is 51.8 Å². The molecule has 1 unspecified atom stereocenters. The molecule has 28 heavy (non-hydrogen) atoms. The number of hydrogen-bond acceptors (Lipinski definition) is 5. The van der Waals surface area contributed by atoms with Crippen LogP contribution < -0.4 is 0 Å². The third-order valence-electron chi connectivity index (χ3n) is 5.41. The maximum atomic E-state index is 13.2. The highest BCUT2D eigenvalue weighted by Crippen LogP contribution is 2.33. The van der Waals surface area contributed by atoms with Crippen LogP contribution in [-0.2, 0) is 4.74 Å². The third kappa shape index (κ3) is 3.20. The van der Waals surface area contributed by atoms with Crippen molar-refractivity contribution in [2.24, 2.45) is 0 Å². The molecule has 1 amide bonds. The molecular formula is C21H23N3O3S. The normalized spacial score (nSPS) is 17.1. The molecule has 2 aromatic heterocycles. The van der Waals surface area contributed by atoms with E-state index in [2.05, 4.69) is 11.1 Å². The Morgan fingerprint density at radius 1 is 1.29 bits per heavy atom. The van der Waals surface area contributed by atoms with Crippen molar-refractivity contribution in [3.63, 3.8) is 0 Å². The highest BCUT2D eigenvalue weighted by atomic mass is 32.1. The molecule has 146 valence electrons. The molecule has 7 heteroatoms. The molecule has 4 rings (SSSR count). The summed E-state index contributed by atoms with van der Waals surface area (Å²) in [5.41, 5.74) is 3.25. The molecule has 1 aliphatic rings. The number of esters is 1. The van der Waals surface area contributed by atoms with Crippen LogP contribution in [0.2, 0.25) is 0 Å². The minimum absolute atomic E-state index is 0.0680. The zero-order valence-electron chi connectivity index (χ0n) is 16.2. The fourth-order valence-corrected chi connectivity index (χ4v) is 5.05. The monoisotopic (exact) mass is 397 g/mol. The number of benzene rings is 1. The van der Waals surface area contributed by atoms with Gasteiger partial charge < -0.3 is 14.6 Å². The largest absolute Gasteiger partial charge is 0.465 e. The van der Waals surface area contributed by atoms with Gasteiger partial charge in [-0.3, -0.25) is 4.79 Å². The predicted octanol–water partition coefficient (Wildman–Crippen LogP) is 4.05. The number of aryl methyl sites for hydroxylation is 1. The third-order valence-corrected chi connectivity index (χ3v) is 6.61. The molecule has 1 aliphatic heterocycles. The zero-order chi connectivity index (χ0) is 19.8. The average Bonchev–Trinajstić information content (AvgIpc) is 3.27. The van der Waals surface area contributed by atoms with E-state index >= 15 is 0 Å².